The molecule has 0 aliphatic heterocycles. The van der Waals surface area contributed by atoms with Gasteiger partial charge >= 0.3 is 0 Å². The fourth-order valence-corrected chi connectivity index (χ4v) is 2.84. The molecular weight excluding hydrogens is 340 g/mol. The summed E-state index contributed by atoms with van der Waals surface area (Å²) in [5.41, 5.74) is 1.67. The molecule has 0 fully saturated rings. The number of rotatable bonds is 10. The van der Waals surface area contributed by atoms with Crippen molar-refractivity contribution in [3.05, 3.63) is 59.7 Å². The predicted octanol–water partition coefficient (Wildman–Crippen LogP) is 3.91. The van der Waals surface area contributed by atoms with Crippen LogP contribution in [-0.4, -0.2) is 45.2 Å². The Morgan fingerprint density at radius 2 is 1.81 bits per heavy atom. The molecule has 0 aromatic heterocycles. The zero-order valence-corrected chi connectivity index (χ0v) is 16.7. The lowest BCUT2D eigenvalue weighted by atomic mass is 10.0. The number of nitrogens with one attached hydrogen (secondary N) is 1. The van der Waals surface area contributed by atoms with Gasteiger partial charge in [0, 0.05) is 17.7 Å². The average molecular weight is 370 g/mol. The maximum absolute atomic E-state index is 12.5. The van der Waals surface area contributed by atoms with Crippen molar-refractivity contribution in [2.75, 3.05) is 34.4 Å². The highest BCUT2D eigenvalue weighted by Gasteiger charge is 2.19. The Morgan fingerprint density at radius 1 is 1.11 bits per heavy atom. The van der Waals surface area contributed by atoms with Crippen molar-refractivity contribution in [3.63, 3.8) is 0 Å². The summed E-state index contributed by atoms with van der Waals surface area (Å²) >= 11 is 0. The highest BCUT2D eigenvalue weighted by atomic mass is 16.5. The van der Waals surface area contributed by atoms with E-state index in [1.54, 1.807) is 19.2 Å². The van der Waals surface area contributed by atoms with Crippen LogP contribution in [-0.2, 0) is 0 Å². The number of benzene rings is 2. The molecular formula is C22H30N2O3. The Labute approximate surface area is 162 Å². The summed E-state index contributed by atoms with van der Waals surface area (Å²) in [4.78, 5) is 14.6. The van der Waals surface area contributed by atoms with E-state index in [4.69, 9.17) is 9.47 Å². The largest absolute Gasteiger partial charge is 0.496 e. The van der Waals surface area contributed by atoms with Crippen LogP contribution in [0.15, 0.2) is 48.5 Å². The smallest absolute Gasteiger partial charge is 0.251 e. The van der Waals surface area contributed by atoms with Crippen LogP contribution in [0.2, 0.25) is 0 Å². The molecule has 1 N–H and O–H groups in total. The number of para-hydroxylation sites is 1. The normalized spacial score (nSPS) is 11.9. The molecule has 1 unspecified atom stereocenters. The molecule has 1 amide bonds. The Kier molecular flexibility index (Phi) is 8.14. The zero-order chi connectivity index (χ0) is 19.6. The molecule has 146 valence electrons. The summed E-state index contributed by atoms with van der Waals surface area (Å²) in [6.07, 6.45) is 2.12. The van der Waals surface area contributed by atoms with Crippen LogP contribution in [0.4, 0.5) is 0 Å². The van der Waals surface area contributed by atoms with Crippen LogP contribution < -0.4 is 14.8 Å². The second kappa shape index (κ2) is 10.6. The van der Waals surface area contributed by atoms with Crippen LogP contribution in [0.3, 0.4) is 0 Å². The van der Waals surface area contributed by atoms with E-state index in [0.717, 1.165) is 29.9 Å². The van der Waals surface area contributed by atoms with Crippen molar-refractivity contribution in [3.8, 4) is 11.5 Å². The van der Waals surface area contributed by atoms with E-state index < -0.39 is 0 Å². The molecule has 27 heavy (non-hydrogen) atoms. The third-order valence-electron chi connectivity index (χ3n) is 4.46. The molecule has 1 atom stereocenters. The summed E-state index contributed by atoms with van der Waals surface area (Å²) in [5.74, 6) is 1.51. The maximum Gasteiger partial charge on any atom is 0.251 e. The lowest BCUT2D eigenvalue weighted by Crippen LogP contribution is -2.34. The van der Waals surface area contributed by atoms with Crippen molar-refractivity contribution in [2.24, 2.45) is 0 Å². The minimum atomic E-state index is -0.100. The minimum absolute atomic E-state index is 0.0155. The first kappa shape index (κ1) is 20.8. The van der Waals surface area contributed by atoms with Crippen molar-refractivity contribution < 1.29 is 14.3 Å². The molecule has 5 heteroatoms. The number of carbonyl (C=O) groups excluding carboxylic acids is 1. The van der Waals surface area contributed by atoms with Gasteiger partial charge in [0.2, 0.25) is 0 Å². The lowest BCUT2D eigenvalue weighted by Gasteiger charge is -2.26. The van der Waals surface area contributed by atoms with Crippen LogP contribution >= 0.6 is 0 Å². The number of unbranched alkanes of at least 4 members (excludes halogenated alkanes) is 1. The van der Waals surface area contributed by atoms with Gasteiger partial charge in [-0.3, -0.25) is 4.79 Å². The number of amides is 1. The number of nitrogens with zero attached hydrogens (tertiary/aromatic N) is 1. The van der Waals surface area contributed by atoms with E-state index in [-0.39, 0.29) is 11.9 Å². The van der Waals surface area contributed by atoms with E-state index >= 15 is 0 Å². The molecule has 2 aromatic rings. The van der Waals surface area contributed by atoms with Gasteiger partial charge in [0.25, 0.3) is 5.91 Å². The first-order valence-electron chi connectivity index (χ1n) is 9.37. The van der Waals surface area contributed by atoms with Gasteiger partial charge in [-0.25, -0.2) is 0 Å². The minimum Gasteiger partial charge on any atom is -0.496 e. The van der Waals surface area contributed by atoms with Gasteiger partial charge in [-0.1, -0.05) is 31.5 Å². The van der Waals surface area contributed by atoms with Crippen molar-refractivity contribution in [1.29, 1.82) is 0 Å². The molecule has 0 saturated heterocycles. The summed E-state index contributed by atoms with van der Waals surface area (Å²) < 4.78 is 11.1. The second-order valence-electron chi connectivity index (χ2n) is 6.66. The first-order chi connectivity index (χ1) is 13.1. The van der Waals surface area contributed by atoms with E-state index in [2.05, 4.69) is 17.1 Å². The number of likely N-dealkylation sites (N-methyl/N-ethyl adjacent to an activating group) is 1. The summed E-state index contributed by atoms with van der Waals surface area (Å²) in [7, 11) is 5.64. The lowest BCUT2D eigenvalue weighted by molar-refractivity contribution is 0.0941. The zero-order valence-electron chi connectivity index (χ0n) is 16.7. The van der Waals surface area contributed by atoms with Gasteiger partial charge in [0.15, 0.2) is 0 Å². The van der Waals surface area contributed by atoms with Crippen molar-refractivity contribution in [1.82, 2.24) is 10.2 Å². The number of carbonyl (C=O) groups is 1. The van der Waals surface area contributed by atoms with Gasteiger partial charge < -0.3 is 19.7 Å². The first-order valence-corrected chi connectivity index (χ1v) is 9.37. The van der Waals surface area contributed by atoms with Crippen LogP contribution in [0.25, 0.3) is 0 Å². The fraction of sp³-hybridized carbons (Fsp3) is 0.409. The number of methoxy groups -OCH3 is 1. The topological polar surface area (TPSA) is 50.8 Å². The fourth-order valence-electron chi connectivity index (χ4n) is 2.84. The SMILES string of the molecule is CCCCOc1ccc(C(=O)NCC(c2ccccc2OC)N(C)C)cc1. The Hall–Kier alpha value is -2.53. The highest BCUT2D eigenvalue weighted by molar-refractivity contribution is 5.94. The number of ether oxygens (including phenoxy) is 2. The number of hydrogen-bond acceptors (Lipinski definition) is 4. The molecule has 2 rings (SSSR count). The highest BCUT2D eigenvalue weighted by Crippen LogP contribution is 2.27. The molecule has 0 heterocycles. The van der Waals surface area contributed by atoms with Crippen LogP contribution in [0, 0.1) is 0 Å². The maximum atomic E-state index is 12.5. The summed E-state index contributed by atoms with van der Waals surface area (Å²) in [6.45, 7) is 3.31. The quantitative estimate of drug-likeness (QED) is 0.644. The molecule has 0 bridgehead atoms. The third-order valence-corrected chi connectivity index (χ3v) is 4.46. The molecule has 0 radical (unpaired) electrons. The Balaban J connectivity index is 1.99. The monoisotopic (exact) mass is 370 g/mol. The van der Waals surface area contributed by atoms with Crippen molar-refractivity contribution >= 4 is 5.91 Å². The standard InChI is InChI=1S/C22H30N2O3/c1-5-6-15-27-18-13-11-17(12-14-18)22(25)23-16-20(24(2)3)19-9-7-8-10-21(19)26-4/h7-14,20H,5-6,15-16H2,1-4H3,(H,23,25). The van der Waals surface area contributed by atoms with Gasteiger partial charge in [-0.15, -0.1) is 0 Å². The Bertz CT molecular complexity index is 714. The van der Waals surface area contributed by atoms with Crippen LogP contribution in [0.5, 0.6) is 11.5 Å². The van der Waals surface area contributed by atoms with E-state index in [9.17, 15) is 4.79 Å². The van der Waals surface area contributed by atoms with Gasteiger partial charge in [0.1, 0.15) is 11.5 Å². The van der Waals surface area contributed by atoms with E-state index in [1.807, 2.05) is 50.5 Å². The molecule has 2 aromatic carbocycles. The van der Waals surface area contributed by atoms with Crippen LogP contribution in [0.1, 0.15) is 41.7 Å². The Morgan fingerprint density at radius 3 is 2.44 bits per heavy atom. The van der Waals surface area contributed by atoms with E-state index in [1.165, 1.54) is 0 Å². The van der Waals surface area contributed by atoms with Gasteiger partial charge in [-0.2, -0.15) is 0 Å². The average Bonchev–Trinajstić information content (AvgIpc) is 2.69. The van der Waals surface area contributed by atoms with E-state index in [0.29, 0.717) is 18.7 Å². The molecule has 0 aliphatic rings. The third kappa shape index (κ3) is 6.00. The number of hydrogen-bond donors (Lipinski definition) is 1. The predicted molar refractivity (Wildman–Crippen MR) is 109 cm³/mol. The van der Waals surface area contributed by atoms with Crippen molar-refractivity contribution in [2.45, 2.75) is 25.8 Å². The molecule has 0 saturated carbocycles. The summed E-state index contributed by atoms with van der Waals surface area (Å²) in [6, 6.07) is 15.2. The molecule has 0 spiro atoms. The molecule has 0 aliphatic carbocycles. The van der Waals surface area contributed by atoms with Gasteiger partial charge in [-0.05, 0) is 50.8 Å². The molecule has 5 nitrogen and oxygen atoms in total. The van der Waals surface area contributed by atoms with Gasteiger partial charge in [0.05, 0.1) is 19.8 Å². The summed E-state index contributed by atoms with van der Waals surface area (Å²) in [5, 5.41) is 3.02. The second-order valence-corrected chi connectivity index (χ2v) is 6.66.